The molecule has 0 aromatic heterocycles. The number of aryl methyl sites for hydroxylation is 2. The highest BCUT2D eigenvalue weighted by molar-refractivity contribution is 7.92. The van der Waals surface area contributed by atoms with Crippen molar-refractivity contribution in [3.8, 4) is 0 Å². The number of rotatable bonds is 4. The molecule has 2 aromatic carbocycles. The number of halogens is 1. The van der Waals surface area contributed by atoms with Gasteiger partial charge in [0.2, 0.25) is 0 Å². The minimum Gasteiger partial charge on any atom is -0.371 e. The molecule has 0 unspecified atom stereocenters. The summed E-state index contributed by atoms with van der Waals surface area (Å²) in [5, 5.41) is 0.512. The Kier molecular flexibility index (Phi) is 4.98. The van der Waals surface area contributed by atoms with E-state index in [1.807, 2.05) is 13.8 Å². The molecule has 1 aliphatic rings. The first-order chi connectivity index (χ1) is 11.8. The van der Waals surface area contributed by atoms with Crippen LogP contribution in [0.3, 0.4) is 0 Å². The fraction of sp³-hybridized carbons (Fsp3) is 0.368. The number of nitrogens with zero attached hydrogens (tertiary/aromatic N) is 1. The summed E-state index contributed by atoms with van der Waals surface area (Å²) in [5.74, 6) is 0. The first-order valence-electron chi connectivity index (χ1n) is 8.44. The largest absolute Gasteiger partial charge is 0.371 e. The van der Waals surface area contributed by atoms with E-state index >= 15 is 0 Å². The molecule has 3 rings (SSSR count). The molecular weight excluding hydrogens is 356 g/mol. The molecule has 0 bridgehead atoms. The lowest BCUT2D eigenvalue weighted by atomic mass is 10.0. The quantitative estimate of drug-likeness (QED) is 0.841. The molecule has 1 N–H and O–H groups in total. The van der Waals surface area contributed by atoms with E-state index in [1.165, 1.54) is 30.5 Å². The second-order valence-corrected chi connectivity index (χ2v) is 8.73. The zero-order valence-corrected chi connectivity index (χ0v) is 16.3. The molecule has 1 heterocycles. The van der Waals surface area contributed by atoms with Crippen LogP contribution in [0.2, 0.25) is 5.02 Å². The van der Waals surface area contributed by atoms with Crippen LogP contribution in [-0.2, 0) is 10.0 Å². The highest BCUT2D eigenvalue weighted by Crippen LogP contribution is 2.36. The molecule has 134 valence electrons. The Morgan fingerprint density at radius 1 is 1.00 bits per heavy atom. The normalized spacial score (nSPS) is 14.8. The Labute approximate surface area is 154 Å². The van der Waals surface area contributed by atoms with Gasteiger partial charge in [-0.15, -0.1) is 0 Å². The number of nitrogens with one attached hydrogen (secondary N) is 1. The van der Waals surface area contributed by atoms with Gasteiger partial charge in [0.05, 0.1) is 10.6 Å². The van der Waals surface area contributed by atoms with Crippen LogP contribution in [0, 0.1) is 20.8 Å². The van der Waals surface area contributed by atoms with E-state index in [2.05, 4.69) is 22.6 Å². The van der Waals surface area contributed by atoms with E-state index in [9.17, 15) is 8.42 Å². The predicted octanol–water partition coefficient (Wildman–Crippen LogP) is 4.67. The summed E-state index contributed by atoms with van der Waals surface area (Å²) in [6.45, 7) is 8.06. The predicted molar refractivity (Wildman–Crippen MR) is 104 cm³/mol. The molecular formula is C19H23ClN2O2S. The number of hydrogen-bond acceptors (Lipinski definition) is 3. The second kappa shape index (κ2) is 6.89. The van der Waals surface area contributed by atoms with Crippen LogP contribution >= 0.6 is 11.6 Å². The zero-order valence-electron chi connectivity index (χ0n) is 14.8. The summed E-state index contributed by atoms with van der Waals surface area (Å²) in [7, 11) is -3.66. The highest BCUT2D eigenvalue weighted by atomic mass is 35.5. The highest BCUT2D eigenvalue weighted by Gasteiger charge is 2.22. The van der Waals surface area contributed by atoms with E-state index < -0.39 is 10.0 Å². The summed E-state index contributed by atoms with van der Waals surface area (Å²) >= 11 is 5.86. The average Bonchev–Trinajstić information content (AvgIpc) is 3.06. The lowest BCUT2D eigenvalue weighted by Gasteiger charge is -2.26. The number of hydrogen-bond donors (Lipinski definition) is 1. The fourth-order valence-corrected chi connectivity index (χ4v) is 4.89. The summed E-state index contributed by atoms with van der Waals surface area (Å²) in [6.07, 6.45) is 2.36. The lowest BCUT2D eigenvalue weighted by Crippen LogP contribution is -2.22. The van der Waals surface area contributed by atoms with Gasteiger partial charge in [-0.1, -0.05) is 17.7 Å². The maximum absolute atomic E-state index is 12.8. The van der Waals surface area contributed by atoms with Crippen LogP contribution in [-0.4, -0.2) is 21.5 Å². The van der Waals surface area contributed by atoms with Crippen LogP contribution in [0.4, 0.5) is 11.4 Å². The zero-order chi connectivity index (χ0) is 18.2. The van der Waals surface area contributed by atoms with Gasteiger partial charge in [0, 0.05) is 23.8 Å². The maximum Gasteiger partial charge on any atom is 0.261 e. The van der Waals surface area contributed by atoms with Crippen molar-refractivity contribution in [1.29, 1.82) is 0 Å². The van der Waals surface area contributed by atoms with Crippen molar-refractivity contribution in [2.24, 2.45) is 0 Å². The first kappa shape index (κ1) is 18.1. The van der Waals surface area contributed by atoms with Gasteiger partial charge in [0.25, 0.3) is 10.0 Å². The maximum atomic E-state index is 12.8. The molecule has 2 aromatic rings. The Morgan fingerprint density at radius 2 is 1.60 bits per heavy atom. The molecule has 0 radical (unpaired) electrons. The minimum atomic E-state index is -3.66. The molecule has 1 fully saturated rings. The summed E-state index contributed by atoms with van der Waals surface area (Å²) < 4.78 is 28.3. The number of benzene rings is 2. The third-order valence-electron chi connectivity index (χ3n) is 4.71. The van der Waals surface area contributed by atoms with Gasteiger partial charge in [0.15, 0.2) is 0 Å². The van der Waals surface area contributed by atoms with Crippen molar-refractivity contribution >= 4 is 33.0 Å². The van der Waals surface area contributed by atoms with Crippen molar-refractivity contribution in [2.45, 2.75) is 38.5 Å². The standard InChI is InChI=1S/C19H23ClN2O2S/c1-13-12-14(2)19(22-10-4-5-11-22)15(3)18(13)21-25(23,24)17-8-6-16(20)7-9-17/h6-9,12,21H,4-5,10-11H2,1-3H3. The molecule has 1 aliphatic heterocycles. The first-order valence-corrected chi connectivity index (χ1v) is 10.3. The van der Waals surface area contributed by atoms with Crippen LogP contribution in [0.5, 0.6) is 0 Å². The smallest absolute Gasteiger partial charge is 0.261 e. The van der Waals surface area contributed by atoms with Crippen LogP contribution in [0.15, 0.2) is 35.2 Å². The van der Waals surface area contributed by atoms with Crippen molar-refractivity contribution in [3.63, 3.8) is 0 Å². The molecule has 0 saturated carbocycles. The average molecular weight is 379 g/mol. The summed E-state index contributed by atoms with van der Waals surface area (Å²) in [4.78, 5) is 2.56. The van der Waals surface area contributed by atoms with Gasteiger partial charge < -0.3 is 4.90 Å². The van der Waals surface area contributed by atoms with Gasteiger partial charge >= 0.3 is 0 Å². The summed E-state index contributed by atoms with van der Waals surface area (Å²) in [6, 6.07) is 8.26. The number of anilines is 2. The Balaban J connectivity index is 2.02. The van der Waals surface area contributed by atoms with Crippen molar-refractivity contribution in [1.82, 2.24) is 0 Å². The van der Waals surface area contributed by atoms with Gasteiger partial charge in [-0.3, -0.25) is 4.72 Å². The minimum absolute atomic E-state index is 0.207. The van der Waals surface area contributed by atoms with Gasteiger partial charge in [-0.25, -0.2) is 8.42 Å². The van der Waals surface area contributed by atoms with E-state index in [0.29, 0.717) is 10.7 Å². The van der Waals surface area contributed by atoms with E-state index in [4.69, 9.17) is 11.6 Å². The van der Waals surface area contributed by atoms with Gasteiger partial charge in [-0.2, -0.15) is 0 Å². The Morgan fingerprint density at radius 3 is 2.20 bits per heavy atom. The molecule has 4 nitrogen and oxygen atoms in total. The topological polar surface area (TPSA) is 49.4 Å². The molecule has 25 heavy (non-hydrogen) atoms. The lowest BCUT2D eigenvalue weighted by molar-refractivity contribution is 0.601. The molecule has 6 heteroatoms. The van der Waals surface area contributed by atoms with Crippen LogP contribution in [0.25, 0.3) is 0 Å². The second-order valence-electron chi connectivity index (χ2n) is 6.61. The van der Waals surface area contributed by atoms with E-state index in [0.717, 1.165) is 29.9 Å². The summed E-state index contributed by atoms with van der Waals surface area (Å²) in [5.41, 5.74) is 4.91. The van der Waals surface area contributed by atoms with Crippen LogP contribution < -0.4 is 9.62 Å². The monoisotopic (exact) mass is 378 g/mol. The Hall–Kier alpha value is -1.72. The molecule has 0 spiro atoms. The molecule has 0 aliphatic carbocycles. The van der Waals surface area contributed by atoms with Crippen molar-refractivity contribution in [3.05, 3.63) is 52.0 Å². The van der Waals surface area contributed by atoms with Gasteiger partial charge in [0.1, 0.15) is 0 Å². The fourth-order valence-electron chi connectivity index (χ4n) is 3.57. The van der Waals surface area contributed by atoms with Crippen LogP contribution in [0.1, 0.15) is 29.5 Å². The SMILES string of the molecule is Cc1cc(C)c(N2CCCC2)c(C)c1NS(=O)(=O)c1ccc(Cl)cc1. The third kappa shape index (κ3) is 3.62. The Bertz CT molecular complexity index is 887. The van der Waals surface area contributed by atoms with Crippen molar-refractivity contribution in [2.75, 3.05) is 22.7 Å². The van der Waals surface area contributed by atoms with E-state index in [-0.39, 0.29) is 4.90 Å². The van der Waals surface area contributed by atoms with Crippen molar-refractivity contribution < 1.29 is 8.42 Å². The molecule has 1 saturated heterocycles. The number of sulfonamides is 1. The third-order valence-corrected chi connectivity index (χ3v) is 6.33. The molecule has 0 atom stereocenters. The van der Waals surface area contributed by atoms with Gasteiger partial charge in [-0.05, 0) is 74.6 Å². The molecule has 0 amide bonds. The van der Waals surface area contributed by atoms with E-state index in [1.54, 1.807) is 12.1 Å².